The third-order valence-electron chi connectivity index (χ3n) is 4.13. The third kappa shape index (κ3) is 7.65. The molecule has 154 valence electrons. The van der Waals surface area contributed by atoms with E-state index in [1.807, 2.05) is 49.4 Å². The number of carbonyl (C=O) groups excluding carboxylic acids is 2. The number of rotatable bonds is 8. The second-order valence-corrected chi connectivity index (χ2v) is 6.53. The van der Waals surface area contributed by atoms with Crippen molar-refractivity contribution in [2.45, 2.75) is 26.8 Å². The Morgan fingerprint density at radius 3 is 2.48 bits per heavy atom. The van der Waals surface area contributed by atoms with E-state index in [-0.39, 0.29) is 11.8 Å². The molecule has 0 saturated heterocycles. The maximum Gasteiger partial charge on any atom is 0.251 e. The van der Waals surface area contributed by atoms with Crippen LogP contribution < -0.4 is 21.3 Å². The summed E-state index contributed by atoms with van der Waals surface area (Å²) in [6.45, 7) is 5.44. The first-order chi connectivity index (χ1) is 14.0. The summed E-state index contributed by atoms with van der Waals surface area (Å²) in [7, 11) is 1.63. The van der Waals surface area contributed by atoms with Crippen molar-refractivity contribution in [1.29, 1.82) is 0 Å². The van der Waals surface area contributed by atoms with Gasteiger partial charge in [0.15, 0.2) is 5.96 Å². The van der Waals surface area contributed by atoms with Crippen LogP contribution in [0.2, 0.25) is 0 Å². The fourth-order valence-electron chi connectivity index (χ4n) is 2.80. The van der Waals surface area contributed by atoms with Gasteiger partial charge in [-0.1, -0.05) is 24.3 Å². The summed E-state index contributed by atoms with van der Waals surface area (Å²) < 4.78 is 0. The Balaban J connectivity index is 1.94. The molecule has 0 atom stereocenters. The van der Waals surface area contributed by atoms with Gasteiger partial charge in [-0.05, 0) is 48.7 Å². The van der Waals surface area contributed by atoms with Gasteiger partial charge in [0.2, 0.25) is 5.91 Å². The van der Waals surface area contributed by atoms with Gasteiger partial charge in [0.25, 0.3) is 5.91 Å². The molecule has 0 aromatic heterocycles. The van der Waals surface area contributed by atoms with Crippen LogP contribution in [-0.4, -0.2) is 37.9 Å². The van der Waals surface area contributed by atoms with E-state index in [1.165, 1.54) is 6.92 Å². The van der Waals surface area contributed by atoms with Gasteiger partial charge in [0.05, 0.1) is 6.54 Å². The zero-order chi connectivity index (χ0) is 21.1. The van der Waals surface area contributed by atoms with Crippen molar-refractivity contribution in [3.05, 3.63) is 65.2 Å². The first-order valence-electron chi connectivity index (χ1n) is 9.71. The van der Waals surface area contributed by atoms with Crippen LogP contribution in [0.15, 0.2) is 53.5 Å². The summed E-state index contributed by atoms with van der Waals surface area (Å²) in [5.41, 5.74) is 3.51. The highest BCUT2D eigenvalue weighted by molar-refractivity contribution is 5.94. The second kappa shape index (κ2) is 11.5. The molecule has 0 aliphatic rings. The lowest BCUT2D eigenvalue weighted by atomic mass is 10.1. The average molecular weight is 396 g/mol. The van der Waals surface area contributed by atoms with Gasteiger partial charge < -0.3 is 21.3 Å². The average Bonchev–Trinajstić information content (AvgIpc) is 2.71. The first-order valence-corrected chi connectivity index (χ1v) is 9.71. The van der Waals surface area contributed by atoms with E-state index in [1.54, 1.807) is 13.1 Å². The van der Waals surface area contributed by atoms with Gasteiger partial charge >= 0.3 is 0 Å². The molecule has 0 bridgehead atoms. The van der Waals surface area contributed by atoms with E-state index in [9.17, 15) is 9.59 Å². The fourth-order valence-corrected chi connectivity index (χ4v) is 2.80. The van der Waals surface area contributed by atoms with Gasteiger partial charge in [-0.25, -0.2) is 4.99 Å². The lowest BCUT2D eigenvalue weighted by Crippen LogP contribution is -2.38. The molecular formula is C22H29N5O2. The topological polar surface area (TPSA) is 94.6 Å². The minimum absolute atomic E-state index is 0.0868. The van der Waals surface area contributed by atoms with Gasteiger partial charge in [0.1, 0.15) is 0 Å². The summed E-state index contributed by atoms with van der Waals surface area (Å²) >= 11 is 0. The number of anilines is 1. The van der Waals surface area contributed by atoms with E-state index in [0.717, 1.165) is 35.7 Å². The Hall–Kier alpha value is -3.35. The van der Waals surface area contributed by atoms with Crippen molar-refractivity contribution >= 4 is 23.5 Å². The van der Waals surface area contributed by atoms with E-state index in [4.69, 9.17) is 0 Å². The summed E-state index contributed by atoms with van der Waals surface area (Å²) in [6.07, 6.45) is 0.771. The molecule has 0 aliphatic carbocycles. The van der Waals surface area contributed by atoms with E-state index in [2.05, 4.69) is 26.3 Å². The van der Waals surface area contributed by atoms with Crippen molar-refractivity contribution in [3.8, 4) is 0 Å². The van der Waals surface area contributed by atoms with E-state index < -0.39 is 0 Å². The number of guanidine groups is 1. The number of nitrogens with zero attached hydrogens (tertiary/aromatic N) is 1. The second-order valence-electron chi connectivity index (χ2n) is 6.53. The molecule has 2 rings (SSSR count). The van der Waals surface area contributed by atoms with Crippen molar-refractivity contribution in [2.24, 2.45) is 4.99 Å². The van der Waals surface area contributed by atoms with Crippen molar-refractivity contribution < 1.29 is 9.59 Å². The molecule has 7 nitrogen and oxygen atoms in total. The Labute approximate surface area is 172 Å². The van der Waals surface area contributed by atoms with E-state index in [0.29, 0.717) is 18.7 Å². The molecular weight excluding hydrogens is 366 g/mol. The molecule has 2 aromatic rings. The summed E-state index contributed by atoms with van der Waals surface area (Å²) in [6, 6.07) is 15.2. The van der Waals surface area contributed by atoms with Crippen LogP contribution in [0.5, 0.6) is 0 Å². The highest BCUT2D eigenvalue weighted by Gasteiger charge is 2.04. The van der Waals surface area contributed by atoms with Gasteiger partial charge in [-0.3, -0.25) is 9.59 Å². The lowest BCUT2D eigenvalue weighted by molar-refractivity contribution is -0.114. The molecule has 0 fully saturated rings. The SMILES string of the molecule is CCNC(=NCc1cccc(NC(C)=O)c1)NCCc1cccc(C(=O)NC)c1. The van der Waals surface area contributed by atoms with Crippen molar-refractivity contribution in [1.82, 2.24) is 16.0 Å². The highest BCUT2D eigenvalue weighted by atomic mass is 16.2. The predicted octanol–water partition coefficient (Wildman–Crippen LogP) is 2.30. The number of hydrogen-bond donors (Lipinski definition) is 4. The molecule has 4 N–H and O–H groups in total. The zero-order valence-electron chi connectivity index (χ0n) is 17.2. The minimum Gasteiger partial charge on any atom is -0.357 e. The predicted molar refractivity (Wildman–Crippen MR) is 117 cm³/mol. The monoisotopic (exact) mass is 395 g/mol. The summed E-state index contributed by atoms with van der Waals surface area (Å²) in [5.74, 6) is 0.539. The summed E-state index contributed by atoms with van der Waals surface area (Å²) in [4.78, 5) is 27.6. The Morgan fingerprint density at radius 2 is 1.76 bits per heavy atom. The maximum atomic E-state index is 11.8. The number of amides is 2. The zero-order valence-corrected chi connectivity index (χ0v) is 17.2. The lowest BCUT2D eigenvalue weighted by Gasteiger charge is -2.12. The van der Waals surface area contributed by atoms with Crippen LogP contribution in [0.3, 0.4) is 0 Å². The molecule has 2 aromatic carbocycles. The fraction of sp³-hybridized carbons (Fsp3) is 0.318. The smallest absolute Gasteiger partial charge is 0.251 e. The number of nitrogens with one attached hydrogen (secondary N) is 4. The number of hydrogen-bond acceptors (Lipinski definition) is 3. The highest BCUT2D eigenvalue weighted by Crippen LogP contribution is 2.11. The van der Waals surface area contributed by atoms with Crippen LogP contribution in [0, 0.1) is 0 Å². The first kappa shape index (κ1) is 21.9. The van der Waals surface area contributed by atoms with E-state index >= 15 is 0 Å². The number of carbonyl (C=O) groups is 2. The molecule has 7 heteroatoms. The molecule has 0 aliphatic heterocycles. The molecule has 2 amide bonds. The standard InChI is InChI=1S/C22H29N5O2/c1-4-24-22(26-15-18-8-6-10-20(14-18)27-16(2)28)25-12-11-17-7-5-9-19(13-17)21(29)23-3/h5-10,13-14H,4,11-12,15H2,1-3H3,(H,23,29)(H,27,28)(H2,24,25,26). The maximum absolute atomic E-state index is 11.8. The molecule has 0 heterocycles. The van der Waals surface area contributed by atoms with Gasteiger partial charge in [-0.2, -0.15) is 0 Å². The normalized spacial score (nSPS) is 10.9. The third-order valence-corrected chi connectivity index (χ3v) is 4.13. The molecule has 0 saturated carbocycles. The Kier molecular flexibility index (Phi) is 8.69. The largest absolute Gasteiger partial charge is 0.357 e. The van der Waals surface area contributed by atoms with Crippen LogP contribution >= 0.6 is 0 Å². The van der Waals surface area contributed by atoms with Crippen LogP contribution in [0.25, 0.3) is 0 Å². The molecule has 0 spiro atoms. The van der Waals surface area contributed by atoms with Gasteiger partial charge in [0, 0.05) is 38.3 Å². The van der Waals surface area contributed by atoms with Gasteiger partial charge in [-0.15, -0.1) is 0 Å². The van der Waals surface area contributed by atoms with Crippen molar-refractivity contribution in [3.63, 3.8) is 0 Å². The minimum atomic E-state index is -0.0962. The molecule has 0 radical (unpaired) electrons. The van der Waals surface area contributed by atoms with Crippen LogP contribution in [-0.2, 0) is 17.8 Å². The summed E-state index contributed by atoms with van der Waals surface area (Å²) in [5, 5.41) is 12.0. The van der Waals surface area contributed by atoms with Crippen LogP contribution in [0.1, 0.15) is 35.3 Å². The molecule has 0 unspecified atom stereocenters. The Bertz CT molecular complexity index is 864. The quantitative estimate of drug-likeness (QED) is 0.407. The van der Waals surface area contributed by atoms with Crippen molar-refractivity contribution in [2.75, 3.05) is 25.5 Å². The molecule has 29 heavy (non-hydrogen) atoms. The van der Waals surface area contributed by atoms with Crippen LogP contribution in [0.4, 0.5) is 5.69 Å². The Morgan fingerprint density at radius 1 is 1.00 bits per heavy atom. The number of benzene rings is 2. The number of aliphatic imine (C=N–C) groups is 1.